The van der Waals surface area contributed by atoms with Crippen LogP contribution in [0.2, 0.25) is 0 Å². The summed E-state index contributed by atoms with van der Waals surface area (Å²) in [6.45, 7) is 5.93. The molecule has 1 saturated carbocycles. The lowest BCUT2D eigenvalue weighted by molar-refractivity contribution is -0.155. The van der Waals surface area contributed by atoms with Gasteiger partial charge in [0.1, 0.15) is 12.2 Å². The summed E-state index contributed by atoms with van der Waals surface area (Å²) in [6, 6.07) is 9.72. The highest BCUT2D eigenvalue weighted by molar-refractivity contribution is 5.94. The lowest BCUT2D eigenvalue weighted by Crippen LogP contribution is -2.44. The van der Waals surface area contributed by atoms with Crippen molar-refractivity contribution >= 4 is 18.0 Å². The summed E-state index contributed by atoms with van der Waals surface area (Å²) < 4.78 is 10.6. The SMILES string of the molecule is CC(C)(C)OC(=O)CCCCCC1CCCC(C(=O)N2C(=O)OC[C@@H]2Cc2ccccc2)C1. The molecule has 1 heterocycles. The van der Waals surface area contributed by atoms with Crippen molar-refractivity contribution in [3.8, 4) is 0 Å². The number of imide groups is 1. The van der Waals surface area contributed by atoms with E-state index in [1.54, 1.807) is 0 Å². The predicted molar refractivity (Wildman–Crippen MR) is 127 cm³/mol. The highest BCUT2D eigenvalue weighted by atomic mass is 16.6. The van der Waals surface area contributed by atoms with E-state index < -0.39 is 11.7 Å². The fourth-order valence-corrected chi connectivity index (χ4v) is 5.01. The number of rotatable bonds is 9. The van der Waals surface area contributed by atoms with E-state index in [0.717, 1.165) is 56.9 Å². The van der Waals surface area contributed by atoms with Crippen LogP contribution in [0.25, 0.3) is 0 Å². The van der Waals surface area contributed by atoms with Crippen molar-refractivity contribution in [1.29, 1.82) is 0 Å². The third kappa shape index (κ3) is 7.86. The third-order valence-electron chi connectivity index (χ3n) is 6.56. The van der Waals surface area contributed by atoms with E-state index in [4.69, 9.17) is 9.47 Å². The third-order valence-corrected chi connectivity index (χ3v) is 6.56. The molecule has 182 valence electrons. The van der Waals surface area contributed by atoms with E-state index in [9.17, 15) is 14.4 Å². The number of cyclic esters (lactones) is 1. The Labute approximate surface area is 198 Å². The van der Waals surface area contributed by atoms with Gasteiger partial charge in [-0.2, -0.15) is 0 Å². The van der Waals surface area contributed by atoms with Crippen LogP contribution in [-0.4, -0.2) is 41.1 Å². The van der Waals surface area contributed by atoms with Crippen molar-refractivity contribution in [3.63, 3.8) is 0 Å². The number of unbranched alkanes of at least 4 members (excludes halogenated alkanes) is 2. The van der Waals surface area contributed by atoms with Crippen LogP contribution < -0.4 is 0 Å². The lowest BCUT2D eigenvalue weighted by Gasteiger charge is -2.31. The standard InChI is InChI=1S/C27H39NO5/c1-27(2,3)33-24(29)16-9-5-8-11-20-14-10-15-22(17-20)25(30)28-23(19-32-26(28)31)18-21-12-6-4-7-13-21/h4,6-7,12-13,20,22-23H,5,8-11,14-19H2,1-3H3/t20?,22?,23-/m0/s1. The van der Waals surface area contributed by atoms with Crippen molar-refractivity contribution < 1.29 is 23.9 Å². The summed E-state index contributed by atoms with van der Waals surface area (Å²) in [5, 5.41) is 0. The fourth-order valence-electron chi connectivity index (χ4n) is 5.01. The topological polar surface area (TPSA) is 72.9 Å². The van der Waals surface area contributed by atoms with Crippen molar-refractivity contribution in [1.82, 2.24) is 4.90 Å². The molecular weight excluding hydrogens is 418 g/mol. The number of hydrogen-bond acceptors (Lipinski definition) is 5. The zero-order valence-electron chi connectivity index (χ0n) is 20.4. The molecule has 0 aromatic heterocycles. The maximum atomic E-state index is 13.3. The first kappa shape index (κ1) is 25.3. The largest absolute Gasteiger partial charge is 0.460 e. The van der Waals surface area contributed by atoms with Crippen LogP contribution in [0.3, 0.4) is 0 Å². The van der Waals surface area contributed by atoms with Crippen molar-refractivity contribution in [2.75, 3.05) is 6.61 Å². The Hall–Kier alpha value is -2.37. The maximum absolute atomic E-state index is 13.3. The smallest absolute Gasteiger partial charge is 0.416 e. The fraction of sp³-hybridized carbons (Fsp3) is 0.667. The van der Waals surface area contributed by atoms with Gasteiger partial charge in [0, 0.05) is 12.3 Å². The predicted octanol–water partition coefficient (Wildman–Crippen LogP) is 5.68. The van der Waals surface area contributed by atoms with Crippen LogP contribution in [0.5, 0.6) is 0 Å². The lowest BCUT2D eigenvalue weighted by atomic mass is 9.78. The average Bonchev–Trinajstić information content (AvgIpc) is 3.12. The second-order valence-electron chi connectivity index (χ2n) is 10.5. The molecule has 6 heteroatoms. The molecule has 33 heavy (non-hydrogen) atoms. The van der Waals surface area contributed by atoms with E-state index >= 15 is 0 Å². The van der Waals surface area contributed by atoms with Crippen LogP contribution >= 0.6 is 0 Å². The molecule has 2 aliphatic rings. The van der Waals surface area contributed by atoms with Gasteiger partial charge in [-0.15, -0.1) is 0 Å². The number of carbonyl (C=O) groups excluding carboxylic acids is 3. The molecule has 0 bridgehead atoms. The van der Waals surface area contributed by atoms with E-state index in [-0.39, 0.29) is 30.4 Å². The molecule has 0 N–H and O–H groups in total. The monoisotopic (exact) mass is 457 g/mol. The molecule has 1 aliphatic heterocycles. The van der Waals surface area contributed by atoms with E-state index in [1.807, 2.05) is 51.1 Å². The normalized spacial score (nSPS) is 23.3. The molecule has 1 aromatic carbocycles. The summed E-state index contributed by atoms with van der Waals surface area (Å²) in [6.07, 6.45) is 8.38. The Morgan fingerprint density at radius 2 is 1.85 bits per heavy atom. The molecule has 1 saturated heterocycles. The van der Waals surface area contributed by atoms with Crippen LogP contribution in [0.4, 0.5) is 4.79 Å². The van der Waals surface area contributed by atoms with Gasteiger partial charge < -0.3 is 9.47 Å². The number of nitrogens with zero attached hydrogens (tertiary/aromatic N) is 1. The quantitative estimate of drug-likeness (QED) is 0.353. The number of carbonyl (C=O) groups is 3. The summed E-state index contributed by atoms with van der Waals surface area (Å²) in [7, 11) is 0. The van der Waals surface area contributed by atoms with Gasteiger partial charge in [-0.25, -0.2) is 9.69 Å². The molecule has 2 amide bonds. The van der Waals surface area contributed by atoms with Gasteiger partial charge in [-0.05, 0) is 57.9 Å². The highest BCUT2D eigenvalue weighted by Gasteiger charge is 2.41. The minimum atomic E-state index is -0.495. The van der Waals surface area contributed by atoms with Crippen molar-refractivity contribution in [2.24, 2.45) is 11.8 Å². The van der Waals surface area contributed by atoms with Crippen molar-refractivity contribution in [2.45, 2.75) is 96.6 Å². The molecule has 0 spiro atoms. The van der Waals surface area contributed by atoms with Gasteiger partial charge >= 0.3 is 12.1 Å². The summed E-state index contributed by atoms with van der Waals surface area (Å²) >= 11 is 0. The second kappa shape index (κ2) is 11.7. The molecule has 2 unspecified atom stereocenters. The van der Waals surface area contributed by atoms with E-state index in [1.165, 1.54) is 4.90 Å². The van der Waals surface area contributed by atoms with Gasteiger partial charge in [-0.3, -0.25) is 9.59 Å². The van der Waals surface area contributed by atoms with Gasteiger partial charge in [0.25, 0.3) is 0 Å². The molecule has 0 radical (unpaired) electrons. The molecule has 3 atom stereocenters. The van der Waals surface area contributed by atoms with Crippen LogP contribution in [0, 0.1) is 11.8 Å². The van der Waals surface area contributed by atoms with Gasteiger partial charge in [0.05, 0.1) is 6.04 Å². The molecule has 3 rings (SSSR count). The van der Waals surface area contributed by atoms with Crippen molar-refractivity contribution in [3.05, 3.63) is 35.9 Å². The van der Waals surface area contributed by atoms with E-state index in [0.29, 0.717) is 18.8 Å². The van der Waals surface area contributed by atoms with E-state index in [2.05, 4.69) is 0 Å². The Balaban J connectivity index is 1.43. The zero-order valence-corrected chi connectivity index (χ0v) is 20.4. The van der Waals surface area contributed by atoms with Gasteiger partial charge in [-0.1, -0.05) is 62.4 Å². The first-order chi connectivity index (χ1) is 15.7. The summed E-state index contributed by atoms with van der Waals surface area (Å²) in [4.78, 5) is 38.9. The Bertz CT molecular complexity index is 800. The molecule has 2 fully saturated rings. The zero-order chi connectivity index (χ0) is 23.8. The molecule has 1 aliphatic carbocycles. The second-order valence-corrected chi connectivity index (χ2v) is 10.5. The van der Waals surface area contributed by atoms with Crippen LogP contribution in [0.1, 0.15) is 84.1 Å². The van der Waals surface area contributed by atoms with Gasteiger partial charge in [0.2, 0.25) is 5.91 Å². The Kier molecular flexibility index (Phi) is 8.93. The summed E-state index contributed by atoms with van der Waals surface area (Å²) in [5.41, 5.74) is 0.675. The maximum Gasteiger partial charge on any atom is 0.416 e. The first-order valence-corrected chi connectivity index (χ1v) is 12.5. The number of ether oxygens (including phenoxy) is 2. The number of hydrogen-bond donors (Lipinski definition) is 0. The average molecular weight is 458 g/mol. The Morgan fingerprint density at radius 1 is 1.09 bits per heavy atom. The van der Waals surface area contributed by atoms with Crippen LogP contribution in [0.15, 0.2) is 30.3 Å². The number of amides is 2. The first-order valence-electron chi connectivity index (χ1n) is 12.5. The summed E-state index contributed by atoms with van der Waals surface area (Å²) in [5.74, 6) is 0.205. The molecule has 6 nitrogen and oxygen atoms in total. The highest BCUT2D eigenvalue weighted by Crippen LogP contribution is 2.35. The number of esters is 1. The van der Waals surface area contributed by atoms with Crippen LogP contribution in [-0.2, 0) is 25.5 Å². The minimum absolute atomic E-state index is 0.0620. The molecule has 1 aromatic rings. The van der Waals surface area contributed by atoms with Gasteiger partial charge in [0.15, 0.2) is 0 Å². The minimum Gasteiger partial charge on any atom is -0.460 e. The Morgan fingerprint density at radius 3 is 2.58 bits per heavy atom. The number of benzene rings is 1. The molecular formula is C27H39NO5.